The minimum Gasteiger partial charge on any atom is -0.399 e. The summed E-state index contributed by atoms with van der Waals surface area (Å²) in [6.07, 6.45) is 6.95. The Morgan fingerprint density at radius 3 is 2.83 bits per heavy atom. The van der Waals surface area contributed by atoms with Gasteiger partial charge in [-0.2, -0.15) is 0 Å². The number of hydrogen-bond donors (Lipinski definition) is 3. The van der Waals surface area contributed by atoms with Gasteiger partial charge in [0, 0.05) is 16.7 Å². The summed E-state index contributed by atoms with van der Waals surface area (Å²) in [7, 11) is 0. The standard InChI is InChI=1S/C26H30N2O2/c1-26-10-9-21-20-8-6-19(27)13-16(20)5-7-22(21)23(26)14-18(24(26)29)12-15-3-2-4-17(11-15)25(28)30/h2-4,6,8,11-13,21-24,29H,5,7,9-10,14,27H2,1H3,(H2,28,30)/b18-12+/t21-,22-,23+,24+,26+/m1/s1. The minimum atomic E-state index is -0.437. The first-order valence-electron chi connectivity index (χ1n) is 11.0. The smallest absolute Gasteiger partial charge is 0.248 e. The van der Waals surface area contributed by atoms with Crippen molar-refractivity contribution in [3.05, 3.63) is 70.3 Å². The number of carbonyl (C=O) groups excluding carboxylic acids is 1. The highest BCUT2D eigenvalue weighted by Gasteiger charge is 2.56. The molecule has 5 atom stereocenters. The number of rotatable bonds is 2. The quantitative estimate of drug-likeness (QED) is 0.655. The highest BCUT2D eigenvalue weighted by atomic mass is 16.3. The molecular weight excluding hydrogens is 372 g/mol. The van der Waals surface area contributed by atoms with E-state index in [-0.39, 0.29) is 5.41 Å². The van der Waals surface area contributed by atoms with Crippen molar-refractivity contribution in [1.82, 2.24) is 0 Å². The Morgan fingerprint density at radius 1 is 1.20 bits per heavy atom. The molecule has 2 aromatic rings. The van der Waals surface area contributed by atoms with Gasteiger partial charge in [0.05, 0.1) is 6.10 Å². The second-order valence-corrected chi connectivity index (χ2v) is 9.73. The van der Waals surface area contributed by atoms with E-state index in [0.29, 0.717) is 23.3 Å². The van der Waals surface area contributed by atoms with Crippen molar-refractivity contribution >= 4 is 17.7 Å². The van der Waals surface area contributed by atoms with Crippen molar-refractivity contribution in [2.75, 3.05) is 5.73 Å². The molecule has 2 fully saturated rings. The number of amides is 1. The lowest BCUT2D eigenvalue weighted by molar-refractivity contribution is -0.0158. The number of fused-ring (bicyclic) bond motifs is 5. The normalized spacial score (nSPS) is 33.6. The number of carbonyl (C=O) groups is 1. The van der Waals surface area contributed by atoms with Gasteiger partial charge in [0.2, 0.25) is 5.91 Å². The highest BCUT2D eigenvalue weighted by Crippen LogP contribution is 2.62. The number of hydrogen-bond acceptors (Lipinski definition) is 3. The molecule has 4 heteroatoms. The van der Waals surface area contributed by atoms with Crippen LogP contribution in [0.25, 0.3) is 6.08 Å². The third kappa shape index (κ3) is 2.97. The molecule has 0 saturated heterocycles. The van der Waals surface area contributed by atoms with Crippen LogP contribution < -0.4 is 11.5 Å². The van der Waals surface area contributed by atoms with Crippen LogP contribution in [-0.4, -0.2) is 17.1 Å². The Kier molecular flexibility index (Phi) is 4.51. The Morgan fingerprint density at radius 2 is 2.03 bits per heavy atom. The average molecular weight is 403 g/mol. The van der Waals surface area contributed by atoms with E-state index >= 15 is 0 Å². The summed E-state index contributed by atoms with van der Waals surface area (Å²) in [5, 5.41) is 11.3. The van der Waals surface area contributed by atoms with Crippen LogP contribution in [0.2, 0.25) is 0 Å². The lowest BCUT2D eigenvalue weighted by Crippen LogP contribution is -2.44. The van der Waals surface area contributed by atoms with E-state index in [2.05, 4.69) is 25.1 Å². The second kappa shape index (κ2) is 6.98. The Labute approximate surface area is 178 Å². The molecule has 0 unspecified atom stereocenters. The number of aliphatic hydroxyl groups is 1. The Balaban J connectivity index is 1.47. The largest absolute Gasteiger partial charge is 0.399 e. The highest BCUT2D eigenvalue weighted by molar-refractivity contribution is 5.93. The van der Waals surface area contributed by atoms with Crippen molar-refractivity contribution in [3.63, 3.8) is 0 Å². The Bertz CT molecular complexity index is 1040. The van der Waals surface area contributed by atoms with Gasteiger partial charge in [-0.3, -0.25) is 4.79 Å². The third-order valence-electron chi connectivity index (χ3n) is 8.14. The average Bonchev–Trinajstić information content (AvgIpc) is 2.98. The van der Waals surface area contributed by atoms with Crippen LogP contribution >= 0.6 is 0 Å². The number of benzene rings is 2. The number of aliphatic hydroxyl groups excluding tert-OH is 1. The lowest BCUT2D eigenvalue weighted by atomic mass is 9.55. The molecule has 5 rings (SSSR count). The first kappa shape index (κ1) is 19.4. The molecule has 2 aromatic carbocycles. The van der Waals surface area contributed by atoms with Gasteiger partial charge >= 0.3 is 0 Å². The van der Waals surface area contributed by atoms with E-state index in [1.54, 1.807) is 6.07 Å². The van der Waals surface area contributed by atoms with Crippen molar-refractivity contribution in [2.24, 2.45) is 23.0 Å². The molecule has 0 aliphatic heterocycles. The van der Waals surface area contributed by atoms with E-state index in [0.717, 1.165) is 42.5 Å². The molecular formula is C26H30N2O2. The summed E-state index contributed by atoms with van der Waals surface area (Å²) in [5.74, 6) is 1.21. The molecule has 0 heterocycles. The topological polar surface area (TPSA) is 89.3 Å². The summed E-state index contributed by atoms with van der Waals surface area (Å²) in [4.78, 5) is 11.5. The van der Waals surface area contributed by atoms with Gasteiger partial charge in [-0.05, 0) is 96.4 Å². The molecule has 0 bridgehead atoms. The molecule has 3 aliphatic carbocycles. The molecule has 0 radical (unpaired) electrons. The first-order valence-corrected chi connectivity index (χ1v) is 11.0. The molecule has 4 nitrogen and oxygen atoms in total. The number of nitrogens with two attached hydrogens (primary N) is 2. The fraction of sp³-hybridized carbons (Fsp3) is 0.423. The second-order valence-electron chi connectivity index (χ2n) is 9.73. The van der Waals surface area contributed by atoms with Crippen LogP contribution in [0, 0.1) is 17.3 Å². The monoisotopic (exact) mass is 402 g/mol. The zero-order chi connectivity index (χ0) is 21.0. The molecule has 2 saturated carbocycles. The maximum absolute atomic E-state index is 11.5. The predicted molar refractivity (Wildman–Crippen MR) is 120 cm³/mol. The third-order valence-corrected chi connectivity index (χ3v) is 8.14. The summed E-state index contributed by atoms with van der Waals surface area (Å²) in [5.41, 5.74) is 17.7. The number of nitrogen functional groups attached to an aromatic ring is 1. The van der Waals surface area contributed by atoms with Crippen molar-refractivity contribution in [1.29, 1.82) is 0 Å². The van der Waals surface area contributed by atoms with Gasteiger partial charge in [0.1, 0.15) is 0 Å². The molecule has 0 spiro atoms. The molecule has 0 aromatic heterocycles. The van der Waals surface area contributed by atoms with Gasteiger partial charge in [0.15, 0.2) is 0 Å². The molecule has 5 N–H and O–H groups in total. The molecule has 30 heavy (non-hydrogen) atoms. The number of anilines is 1. The van der Waals surface area contributed by atoms with Crippen LogP contribution in [0.3, 0.4) is 0 Å². The van der Waals surface area contributed by atoms with E-state index in [1.807, 2.05) is 24.3 Å². The van der Waals surface area contributed by atoms with Crippen LogP contribution in [0.15, 0.2) is 48.0 Å². The van der Waals surface area contributed by atoms with E-state index in [4.69, 9.17) is 11.5 Å². The van der Waals surface area contributed by atoms with E-state index in [9.17, 15) is 9.90 Å². The summed E-state index contributed by atoms with van der Waals surface area (Å²) in [6, 6.07) is 13.8. The fourth-order valence-electron chi connectivity index (χ4n) is 6.60. The summed E-state index contributed by atoms with van der Waals surface area (Å²) >= 11 is 0. The maximum Gasteiger partial charge on any atom is 0.248 e. The van der Waals surface area contributed by atoms with Crippen molar-refractivity contribution in [2.45, 2.75) is 51.0 Å². The zero-order valence-corrected chi connectivity index (χ0v) is 17.5. The van der Waals surface area contributed by atoms with E-state index < -0.39 is 12.0 Å². The van der Waals surface area contributed by atoms with Crippen LogP contribution in [0.4, 0.5) is 5.69 Å². The van der Waals surface area contributed by atoms with Crippen molar-refractivity contribution in [3.8, 4) is 0 Å². The van der Waals surface area contributed by atoms with Crippen LogP contribution in [-0.2, 0) is 6.42 Å². The molecule has 156 valence electrons. The molecule has 3 aliphatic rings. The predicted octanol–water partition coefficient (Wildman–Crippen LogP) is 4.28. The van der Waals surface area contributed by atoms with Gasteiger partial charge in [-0.25, -0.2) is 0 Å². The minimum absolute atomic E-state index is 0.0837. The first-order chi connectivity index (χ1) is 14.4. The van der Waals surface area contributed by atoms with Crippen LogP contribution in [0.1, 0.15) is 65.6 Å². The lowest BCUT2D eigenvalue weighted by Gasteiger charge is -2.49. The van der Waals surface area contributed by atoms with E-state index in [1.165, 1.54) is 17.5 Å². The van der Waals surface area contributed by atoms with Crippen molar-refractivity contribution < 1.29 is 9.90 Å². The molecule has 1 amide bonds. The summed E-state index contributed by atoms with van der Waals surface area (Å²) in [6.45, 7) is 2.28. The number of aryl methyl sites for hydroxylation is 1. The summed E-state index contributed by atoms with van der Waals surface area (Å²) < 4.78 is 0. The zero-order valence-electron chi connectivity index (χ0n) is 17.5. The van der Waals surface area contributed by atoms with Gasteiger partial charge in [-0.15, -0.1) is 0 Å². The fourth-order valence-corrected chi connectivity index (χ4v) is 6.60. The van der Waals surface area contributed by atoms with Crippen LogP contribution in [0.5, 0.6) is 0 Å². The van der Waals surface area contributed by atoms with Gasteiger partial charge < -0.3 is 16.6 Å². The number of primary amides is 1. The Hall–Kier alpha value is -2.59. The maximum atomic E-state index is 11.5. The van der Waals surface area contributed by atoms with Gasteiger partial charge in [0.25, 0.3) is 0 Å². The SMILES string of the molecule is C[C@]12CC[C@@H]3c4ccc(N)cc4CC[C@H]3[C@@H]1C/C(=C\c1cccc(C(N)=O)c1)[C@@H]2O. The van der Waals surface area contributed by atoms with Gasteiger partial charge in [-0.1, -0.05) is 31.2 Å².